The summed E-state index contributed by atoms with van der Waals surface area (Å²) >= 11 is 0. The minimum atomic E-state index is -4.54. The predicted molar refractivity (Wildman–Crippen MR) is 127 cm³/mol. The number of nitrogens with zero attached hydrogens (tertiary/aromatic N) is 5. The Morgan fingerprint density at radius 2 is 2.11 bits per heavy atom. The summed E-state index contributed by atoms with van der Waals surface area (Å²) in [5, 5.41) is 11.4. The first-order valence-corrected chi connectivity index (χ1v) is 11.9. The van der Waals surface area contributed by atoms with Gasteiger partial charge in [0.25, 0.3) is 5.91 Å². The van der Waals surface area contributed by atoms with Gasteiger partial charge in [-0.3, -0.25) is 9.69 Å². The van der Waals surface area contributed by atoms with Crippen molar-refractivity contribution in [2.75, 3.05) is 30.0 Å². The van der Waals surface area contributed by atoms with Crippen molar-refractivity contribution in [3.8, 4) is 0 Å². The molecule has 1 N–H and O–H groups in total. The Kier molecular flexibility index (Phi) is 6.42. The summed E-state index contributed by atoms with van der Waals surface area (Å²) in [4.78, 5) is 19.2. The minimum absolute atomic E-state index is 0.00386. The van der Waals surface area contributed by atoms with Crippen molar-refractivity contribution in [1.29, 1.82) is 0 Å². The summed E-state index contributed by atoms with van der Waals surface area (Å²) in [5.74, 6) is 1.54. The van der Waals surface area contributed by atoms with E-state index in [0.717, 1.165) is 30.5 Å². The van der Waals surface area contributed by atoms with Crippen LogP contribution in [0.2, 0.25) is 0 Å². The van der Waals surface area contributed by atoms with Crippen molar-refractivity contribution in [2.45, 2.75) is 38.4 Å². The van der Waals surface area contributed by atoms with E-state index < -0.39 is 17.6 Å². The molecule has 4 heterocycles. The van der Waals surface area contributed by atoms with Gasteiger partial charge in [0.15, 0.2) is 0 Å². The van der Waals surface area contributed by atoms with Gasteiger partial charge >= 0.3 is 6.18 Å². The van der Waals surface area contributed by atoms with E-state index in [4.69, 9.17) is 4.74 Å². The van der Waals surface area contributed by atoms with Gasteiger partial charge in [0.2, 0.25) is 0 Å². The fourth-order valence-corrected chi connectivity index (χ4v) is 4.71. The number of hydrogen-bond donors (Lipinski definition) is 1. The Labute approximate surface area is 206 Å². The molecule has 36 heavy (non-hydrogen) atoms. The zero-order chi connectivity index (χ0) is 25.4. The maximum Gasteiger partial charge on any atom is 0.416 e. The molecule has 0 saturated carbocycles. The largest absolute Gasteiger partial charge is 0.416 e. The fraction of sp³-hybridized carbons (Fsp3) is 0.440. The molecule has 5 rings (SSSR count). The molecule has 2 aliphatic rings. The first-order valence-electron chi connectivity index (χ1n) is 11.9. The number of rotatable bonds is 7. The molecule has 0 spiro atoms. The standard InChI is InChI=1S/C25H27F3N6O2/c1-15(8-23-32-30-14-33(23)2)17-9-21(29-11-16-6-7-36-13-16)31-22(10-17)34-12-19-18(24(34)35)4-3-5-20(19)25(26,27)28/h3-5,9-10,14-16H,6-8,11-13H2,1-2H3,(H,29,31)/t15-,16?/m1/s1. The molecule has 2 aromatic heterocycles. The van der Waals surface area contributed by atoms with Gasteiger partial charge in [-0.1, -0.05) is 13.0 Å². The summed E-state index contributed by atoms with van der Waals surface area (Å²) in [6, 6.07) is 7.43. The second kappa shape index (κ2) is 9.53. The van der Waals surface area contributed by atoms with E-state index in [0.29, 0.717) is 37.1 Å². The van der Waals surface area contributed by atoms with Gasteiger partial charge in [-0.2, -0.15) is 13.2 Å². The van der Waals surface area contributed by atoms with E-state index in [-0.39, 0.29) is 23.6 Å². The number of ether oxygens (including phenoxy) is 1. The number of aromatic nitrogens is 4. The number of benzene rings is 1. The monoisotopic (exact) mass is 500 g/mol. The van der Waals surface area contributed by atoms with Gasteiger partial charge in [-0.15, -0.1) is 10.2 Å². The molecule has 1 aromatic carbocycles. The smallest absolute Gasteiger partial charge is 0.381 e. The molecule has 2 aliphatic heterocycles. The first-order chi connectivity index (χ1) is 17.2. The number of anilines is 2. The van der Waals surface area contributed by atoms with Gasteiger partial charge in [-0.05, 0) is 47.7 Å². The van der Waals surface area contributed by atoms with Crippen LogP contribution in [0.25, 0.3) is 0 Å². The van der Waals surface area contributed by atoms with E-state index in [2.05, 4.69) is 20.5 Å². The molecule has 1 fully saturated rings. The van der Waals surface area contributed by atoms with Crippen LogP contribution in [0.3, 0.4) is 0 Å². The summed E-state index contributed by atoms with van der Waals surface area (Å²) in [5.41, 5.74) is 0.143. The topological polar surface area (TPSA) is 85.2 Å². The van der Waals surface area contributed by atoms with Crippen molar-refractivity contribution in [3.05, 3.63) is 64.7 Å². The molecule has 0 bridgehead atoms. The number of alkyl halides is 3. The Hall–Kier alpha value is -3.47. The molecule has 1 saturated heterocycles. The normalized spacial score (nSPS) is 18.5. The number of halogens is 3. The third kappa shape index (κ3) is 4.79. The average Bonchev–Trinajstić information content (AvgIpc) is 3.58. The summed E-state index contributed by atoms with van der Waals surface area (Å²) < 4.78 is 48.1. The van der Waals surface area contributed by atoms with Crippen molar-refractivity contribution >= 4 is 17.5 Å². The highest BCUT2D eigenvalue weighted by Crippen LogP contribution is 2.39. The van der Waals surface area contributed by atoms with Crippen molar-refractivity contribution in [2.24, 2.45) is 13.0 Å². The fourth-order valence-electron chi connectivity index (χ4n) is 4.71. The number of amides is 1. The van der Waals surface area contributed by atoms with Gasteiger partial charge in [-0.25, -0.2) is 4.98 Å². The molecule has 3 aromatic rings. The van der Waals surface area contributed by atoms with E-state index in [1.165, 1.54) is 17.0 Å². The lowest BCUT2D eigenvalue weighted by Gasteiger charge is -2.21. The molecule has 2 atom stereocenters. The van der Waals surface area contributed by atoms with Crippen LogP contribution >= 0.6 is 0 Å². The van der Waals surface area contributed by atoms with Crippen molar-refractivity contribution in [1.82, 2.24) is 19.7 Å². The van der Waals surface area contributed by atoms with E-state index in [9.17, 15) is 18.0 Å². The molecular weight excluding hydrogens is 473 g/mol. The number of aryl methyl sites for hydroxylation is 1. The Balaban J connectivity index is 1.47. The van der Waals surface area contributed by atoms with E-state index >= 15 is 0 Å². The van der Waals surface area contributed by atoms with Crippen molar-refractivity contribution in [3.63, 3.8) is 0 Å². The second-order valence-electron chi connectivity index (χ2n) is 9.44. The number of hydrogen-bond acceptors (Lipinski definition) is 6. The zero-order valence-electron chi connectivity index (χ0n) is 20.0. The van der Waals surface area contributed by atoms with Crippen LogP contribution in [0.4, 0.5) is 24.8 Å². The third-order valence-corrected chi connectivity index (χ3v) is 6.84. The summed E-state index contributed by atoms with van der Waals surface area (Å²) in [6.45, 7) is 3.89. The van der Waals surface area contributed by atoms with Crippen LogP contribution in [0.1, 0.15) is 52.1 Å². The Morgan fingerprint density at radius 1 is 1.28 bits per heavy atom. The molecule has 0 aliphatic carbocycles. The van der Waals surface area contributed by atoms with Crippen LogP contribution < -0.4 is 10.2 Å². The number of fused-ring (bicyclic) bond motifs is 1. The summed E-state index contributed by atoms with van der Waals surface area (Å²) in [6.07, 6.45) is -1.36. The Morgan fingerprint density at radius 3 is 2.81 bits per heavy atom. The zero-order valence-corrected chi connectivity index (χ0v) is 20.0. The summed E-state index contributed by atoms with van der Waals surface area (Å²) in [7, 11) is 1.87. The lowest BCUT2D eigenvalue weighted by Crippen LogP contribution is -2.25. The van der Waals surface area contributed by atoms with Crippen LogP contribution in [0.5, 0.6) is 0 Å². The average molecular weight is 501 g/mol. The highest BCUT2D eigenvalue weighted by molar-refractivity contribution is 6.10. The molecule has 190 valence electrons. The first kappa shape index (κ1) is 24.2. The Bertz CT molecular complexity index is 1270. The molecule has 8 nitrogen and oxygen atoms in total. The highest BCUT2D eigenvalue weighted by atomic mass is 19.4. The van der Waals surface area contributed by atoms with Gasteiger partial charge in [0.1, 0.15) is 23.8 Å². The predicted octanol–water partition coefficient (Wildman–Crippen LogP) is 4.18. The van der Waals surface area contributed by atoms with E-state index in [1.54, 1.807) is 12.4 Å². The molecule has 11 heteroatoms. The number of pyridine rings is 1. The number of nitrogens with one attached hydrogen (secondary N) is 1. The lowest BCUT2D eigenvalue weighted by atomic mass is 9.97. The molecule has 0 radical (unpaired) electrons. The van der Waals surface area contributed by atoms with Crippen LogP contribution in [-0.4, -0.2) is 45.4 Å². The van der Waals surface area contributed by atoms with Gasteiger partial charge in [0, 0.05) is 38.1 Å². The van der Waals surface area contributed by atoms with Crippen molar-refractivity contribution < 1.29 is 22.7 Å². The van der Waals surface area contributed by atoms with Crippen LogP contribution in [0, 0.1) is 5.92 Å². The number of carbonyl (C=O) groups is 1. The molecule has 1 amide bonds. The van der Waals surface area contributed by atoms with Crippen LogP contribution in [-0.2, 0) is 30.9 Å². The van der Waals surface area contributed by atoms with E-state index in [1.807, 2.05) is 24.6 Å². The lowest BCUT2D eigenvalue weighted by molar-refractivity contribution is -0.138. The van der Waals surface area contributed by atoms with Gasteiger partial charge in [0.05, 0.1) is 18.7 Å². The molecule has 1 unspecified atom stereocenters. The molecular formula is C25H27F3N6O2. The maximum absolute atomic E-state index is 13.6. The quantitative estimate of drug-likeness (QED) is 0.524. The van der Waals surface area contributed by atoms with Crippen LogP contribution in [0.15, 0.2) is 36.7 Å². The third-order valence-electron chi connectivity index (χ3n) is 6.84. The highest BCUT2D eigenvalue weighted by Gasteiger charge is 2.40. The SMILES string of the molecule is C[C@H](Cc1nncn1C)c1cc(NCC2CCOC2)nc(N2Cc3c(cccc3C(F)(F)F)C2=O)c1. The minimum Gasteiger partial charge on any atom is -0.381 e. The maximum atomic E-state index is 13.6. The second-order valence-corrected chi connectivity index (χ2v) is 9.44. The number of carbonyl (C=O) groups excluding carboxylic acids is 1. The van der Waals surface area contributed by atoms with Gasteiger partial charge < -0.3 is 14.6 Å².